The van der Waals surface area contributed by atoms with E-state index >= 15 is 0 Å². The van der Waals surface area contributed by atoms with Crippen molar-refractivity contribution in [2.24, 2.45) is 0 Å². The molecule has 2 heterocycles. The van der Waals surface area contributed by atoms with E-state index in [1.165, 1.54) is 0 Å². The van der Waals surface area contributed by atoms with Crippen molar-refractivity contribution in [1.29, 1.82) is 0 Å². The average molecular weight is 406 g/mol. The summed E-state index contributed by atoms with van der Waals surface area (Å²) in [5.41, 5.74) is 0. The van der Waals surface area contributed by atoms with Crippen molar-refractivity contribution >= 4 is 22.4 Å². The maximum absolute atomic E-state index is 12.8. The van der Waals surface area contributed by atoms with Gasteiger partial charge in [-0.15, -0.1) is 12.4 Å². The Labute approximate surface area is 162 Å². The first-order chi connectivity index (χ1) is 12.1. The summed E-state index contributed by atoms with van der Waals surface area (Å²) in [7, 11) is -1.83. The van der Waals surface area contributed by atoms with Gasteiger partial charge >= 0.3 is 0 Å². The van der Waals surface area contributed by atoms with Crippen LogP contribution in [-0.2, 0) is 14.8 Å². The van der Waals surface area contributed by atoms with Crippen LogP contribution < -0.4 is 10.1 Å². The highest BCUT2D eigenvalue weighted by atomic mass is 35.5. The second-order valence-electron chi connectivity index (χ2n) is 6.40. The van der Waals surface area contributed by atoms with Gasteiger partial charge in [-0.1, -0.05) is 0 Å². The Balaban J connectivity index is 0.00000243. The summed E-state index contributed by atoms with van der Waals surface area (Å²) in [6, 6.07) is 7.18. The predicted molar refractivity (Wildman–Crippen MR) is 103 cm³/mol. The monoisotopic (exact) mass is 405 g/mol. The summed E-state index contributed by atoms with van der Waals surface area (Å²) in [6.07, 6.45) is 1.15. The zero-order valence-corrected chi connectivity index (χ0v) is 16.7. The van der Waals surface area contributed by atoms with Gasteiger partial charge in [0.1, 0.15) is 12.4 Å². The van der Waals surface area contributed by atoms with E-state index in [4.69, 9.17) is 9.47 Å². The van der Waals surface area contributed by atoms with Gasteiger partial charge in [0.2, 0.25) is 10.0 Å². The summed E-state index contributed by atoms with van der Waals surface area (Å²) >= 11 is 0. The molecule has 0 aromatic heterocycles. The molecule has 9 heteroatoms. The number of ether oxygens (including phenoxy) is 2. The number of nitrogens with zero attached hydrogens (tertiary/aromatic N) is 2. The number of nitrogens with one attached hydrogen (secondary N) is 1. The molecule has 1 unspecified atom stereocenters. The summed E-state index contributed by atoms with van der Waals surface area (Å²) in [5.74, 6) is 0.648. The van der Waals surface area contributed by atoms with Crippen LogP contribution >= 0.6 is 12.4 Å². The van der Waals surface area contributed by atoms with Crippen molar-refractivity contribution in [2.75, 3.05) is 59.6 Å². The van der Waals surface area contributed by atoms with E-state index in [2.05, 4.69) is 10.2 Å². The second-order valence-corrected chi connectivity index (χ2v) is 8.34. The molecule has 0 saturated carbocycles. The van der Waals surface area contributed by atoms with Crippen molar-refractivity contribution in [3.8, 4) is 5.75 Å². The Morgan fingerprint density at radius 3 is 2.38 bits per heavy atom. The maximum Gasteiger partial charge on any atom is 0.243 e. The lowest BCUT2D eigenvalue weighted by molar-refractivity contribution is 0.145. The molecule has 1 aromatic carbocycles. The third kappa shape index (κ3) is 5.09. The first-order valence-electron chi connectivity index (χ1n) is 8.78. The van der Waals surface area contributed by atoms with Gasteiger partial charge in [-0.3, -0.25) is 4.90 Å². The molecule has 1 atom stereocenters. The minimum Gasteiger partial charge on any atom is -0.491 e. The summed E-state index contributed by atoms with van der Waals surface area (Å²) < 4.78 is 37.6. The minimum atomic E-state index is -3.44. The van der Waals surface area contributed by atoms with E-state index in [0.29, 0.717) is 43.0 Å². The first-order valence-corrected chi connectivity index (χ1v) is 10.2. The van der Waals surface area contributed by atoms with E-state index in [9.17, 15) is 8.42 Å². The van der Waals surface area contributed by atoms with E-state index in [-0.39, 0.29) is 12.4 Å². The zero-order chi connectivity index (χ0) is 17.7. The fourth-order valence-corrected chi connectivity index (χ4v) is 4.78. The molecular weight excluding hydrogens is 378 g/mol. The van der Waals surface area contributed by atoms with Crippen molar-refractivity contribution in [3.05, 3.63) is 24.3 Å². The van der Waals surface area contributed by atoms with Crippen LogP contribution in [-0.4, -0.2) is 83.3 Å². The summed E-state index contributed by atoms with van der Waals surface area (Å²) in [5, 5.41) is 3.37. The highest BCUT2D eigenvalue weighted by Gasteiger charge is 2.31. The third-order valence-corrected chi connectivity index (χ3v) is 6.75. The highest BCUT2D eigenvalue weighted by Crippen LogP contribution is 2.22. The van der Waals surface area contributed by atoms with Crippen LogP contribution in [0.1, 0.15) is 6.42 Å². The molecule has 0 spiro atoms. The number of sulfonamides is 1. The molecule has 2 fully saturated rings. The molecular formula is C17H28ClN3O4S. The Hall–Kier alpha value is -0.900. The SMILES string of the molecule is COCCOc1ccc(S(=O)(=O)N2CCN(C3CCNC3)CC2)cc1.Cl. The molecule has 2 aliphatic heterocycles. The number of benzene rings is 1. The molecule has 0 radical (unpaired) electrons. The molecule has 0 aliphatic carbocycles. The molecule has 0 bridgehead atoms. The van der Waals surface area contributed by atoms with Crippen molar-refractivity contribution < 1.29 is 17.9 Å². The Morgan fingerprint density at radius 2 is 1.81 bits per heavy atom. The molecule has 3 rings (SSSR count). The normalized spacial score (nSPS) is 22.1. The van der Waals surface area contributed by atoms with Gasteiger partial charge in [-0.05, 0) is 37.2 Å². The first kappa shape index (κ1) is 21.4. The van der Waals surface area contributed by atoms with Crippen LogP contribution in [0.4, 0.5) is 0 Å². The molecule has 7 nitrogen and oxygen atoms in total. The van der Waals surface area contributed by atoms with Crippen LogP contribution in [0, 0.1) is 0 Å². The lowest BCUT2D eigenvalue weighted by Crippen LogP contribution is -2.52. The second kappa shape index (κ2) is 9.87. The van der Waals surface area contributed by atoms with E-state index in [1.807, 2.05) is 0 Å². The lowest BCUT2D eigenvalue weighted by Gasteiger charge is -2.37. The number of piperazine rings is 1. The summed E-state index contributed by atoms with van der Waals surface area (Å²) in [4.78, 5) is 2.72. The predicted octanol–water partition coefficient (Wildman–Crippen LogP) is 0.802. The van der Waals surface area contributed by atoms with Gasteiger partial charge < -0.3 is 14.8 Å². The van der Waals surface area contributed by atoms with Gasteiger partial charge in [0.05, 0.1) is 11.5 Å². The number of methoxy groups -OCH3 is 1. The summed E-state index contributed by atoms with van der Waals surface area (Å²) in [6.45, 7) is 5.70. The van der Waals surface area contributed by atoms with Gasteiger partial charge in [-0.2, -0.15) is 4.31 Å². The van der Waals surface area contributed by atoms with Gasteiger partial charge in [0, 0.05) is 45.9 Å². The average Bonchev–Trinajstić information content (AvgIpc) is 3.17. The van der Waals surface area contributed by atoms with Gasteiger partial charge in [0.25, 0.3) is 0 Å². The molecule has 26 heavy (non-hydrogen) atoms. The van der Waals surface area contributed by atoms with Crippen LogP contribution in [0.25, 0.3) is 0 Å². The van der Waals surface area contributed by atoms with Gasteiger partial charge in [-0.25, -0.2) is 8.42 Å². The number of hydrogen-bond donors (Lipinski definition) is 1. The quantitative estimate of drug-likeness (QED) is 0.677. The fraction of sp³-hybridized carbons (Fsp3) is 0.647. The standard InChI is InChI=1S/C17H27N3O4S.ClH/c1-23-12-13-24-16-2-4-17(5-3-16)25(21,22)20-10-8-19(9-11-20)15-6-7-18-14-15;/h2-5,15,18H,6-14H2,1H3;1H. The highest BCUT2D eigenvalue weighted by molar-refractivity contribution is 7.89. The molecule has 148 valence electrons. The van der Waals surface area contributed by atoms with Crippen LogP contribution in [0.5, 0.6) is 5.75 Å². The van der Waals surface area contributed by atoms with Crippen molar-refractivity contribution in [1.82, 2.24) is 14.5 Å². The molecule has 1 aromatic rings. The van der Waals surface area contributed by atoms with Crippen LogP contribution in [0.15, 0.2) is 29.2 Å². The van der Waals surface area contributed by atoms with Crippen molar-refractivity contribution in [2.45, 2.75) is 17.4 Å². The smallest absolute Gasteiger partial charge is 0.243 e. The maximum atomic E-state index is 12.8. The Morgan fingerprint density at radius 1 is 1.12 bits per heavy atom. The number of hydrogen-bond acceptors (Lipinski definition) is 6. The lowest BCUT2D eigenvalue weighted by atomic mass is 10.2. The third-order valence-electron chi connectivity index (χ3n) is 4.84. The van der Waals surface area contributed by atoms with Crippen LogP contribution in [0.2, 0.25) is 0 Å². The molecule has 2 saturated heterocycles. The van der Waals surface area contributed by atoms with Crippen LogP contribution in [0.3, 0.4) is 0 Å². The molecule has 0 amide bonds. The fourth-order valence-electron chi connectivity index (χ4n) is 3.36. The molecule has 2 aliphatic rings. The van der Waals surface area contributed by atoms with E-state index < -0.39 is 10.0 Å². The Kier molecular flexibility index (Phi) is 8.12. The number of rotatable bonds is 7. The van der Waals surface area contributed by atoms with Crippen molar-refractivity contribution in [3.63, 3.8) is 0 Å². The minimum absolute atomic E-state index is 0. The topological polar surface area (TPSA) is 71.1 Å². The van der Waals surface area contributed by atoms with E-state index in [1.54, 1.807) is 35.7 Å². The van der Waals surface area contributed by atoms with Gasteiger partial charge in [0.15, 0.2) is 0 Å². The largest absolute Gasteiger partial charge is 0.491 e. The number of halogens is 1. The molecule has 1 N–H and O–H groups in total. The zero-order valence-electron chi connectivity index (χ0n) is 15.1. The Bertz CT molecular complexity index is 642. The van der Waals surface area contributed by atoms with E-state index in [0.717, 1.165) is 32.6 Å².